The van der Waals surface area contributed by atoms with Gasteiger partial charge in [0.1, 0.15) is 0 Å². The van der Waals surface area contributed by atoms with E-state index in [9.17, 15) is 0 Å². The molecule has 0 aromatic heterocycles. The van der Waals surface area contributed by atoms with E-state index in [4.69, 9.17) is 0 Å². The number of hydrogen-bond acceptors (Lipinski definition) is 0. The van der Waals surface area contributed by atoms with Crippen molar-refractivity contribution in [3.63, 3.8) is 0 Å². The van der Waals surface area contributed by atoms with Crippen LogP contribution in [0.2, 0.25) is 22.5 Å². The first-order valence-corrected chi connectivity index (χ1v) is 33.4. The van der Waals surface area contributed by atoms with Crippen molar-refractivity contribution in [1.29, 1.82) is 0 Å². The number of benzene rings is 6. The molecule has 0 nitrogen and oxygen atoms in total. The summed E-state index contributed by atoms with van der Waals surface area (Å²) in [6, 6.07) is 45.9. The van der Waals surface area contributed by atoms with Crippen molar-refractivity contribution in [2.45, 2.75) is 57.5 Å². The van der Waals surface area contributed by atoms with Gasteiger partial charge in [-0.3, -0.25) is 0 Å². The molecule has 6 aromatic rings. The summed E-state index contributed by atoms with van der Waals surface area (Å²) in [5.41, 5.74) is 22.6. The molecule has 1 saturated heterocycles. The van der Waals surface area contributed by atoms with Crippen molar-refractivity contribution in [3.05, 3.63) is 176 Å². The summed E-state index contributed by atoms with van der Waals surface area (Å²) in [5, 5.41) is 3.59. The molecule has 256 valence electrons. The van der Waals surface area contributed by atoms with Crippen LogP contribution in [0.5, 0.6) is 0 Å². The molecular formula is C50H48HfSi. The van der Waals surface area contributed by atoms with E-state index in [0.29, 0.717) is 7.35 Å². The summed E-state index contributed by atoms with van der Waals surface area (Å²) < 4.78 is 6.80. The van der Waals surface area contributed by atoms with Crippen LogP contribution in [0, 0.1) is 27.7 Å². The fraction of sp³-hybridized carbons (Fsp3) is 0.200. The number of rotatable bonds is 4. The van der Waals surface area contributed by atoms with Gasteiger partial charge in [0.05, 0.1) is 0 Å². The summed E-state index contributed by atoms with van der Waals surface area (Å²) in [5.74, 6) is 0. The van der Waals surface area contributed by atoms with Gasteiger partial charge < -0.3 is 0 Å². The Labute approximate surface area is 316 Å². The molecule has 2 unspecified atom stereocenters. The Morgan fingerprint density at radius 2 is 0.846 bits per heavy atom. The predicted molar refractivity (Wildman–Crippen MR) is 224 cm³/mol. The Kier molecular flexibility index (Phi) is 7.92. The number of hydrogen-bond donors (Lipinski definition) is 0. The first-order chi connectivity index (χ1) is 25.0. The normalized spacial score (nSPS) is 18.9. The van der Waals surface area contributed by atoms with E-state index in [1.807, 2.05) is 0 Å². The first kappa shape index (κ1) is 33.7. The predicted octanol–water partition coefficient (Wildman–Crippen LogP) is 14.2. The molecule has 1 aliphatic heterocycles. The summed E-state index contributed by atoms with van der Waals surface area (Å²) in [6.45, 7) is 14.5. The standard InChI is InChI=1S/C48H42Si.2CH3.Hf/c1-31-23-25-41(33(3)47(31)35-15-9-7-10-16-35)43-21-13-19-37-27-39(29-45(37)43)49(5,6)40-28-38-20-14-22-44(46(38)30-40)42-26-24-32(2)48(34(42)4)36-17-11-8-12-18-36;;;/h7-30H,1-6H3;2*1H3;. The van der Waals surface area contributed by atoms with Crippen molar-refractivity contribution in [2.75, 3.05) is 0 Å². The van der Waals surface area contributed by atoms with E-state index in [-0.39, 0.29) is 0 Å². The summed E-state index contributed by atoms with van der Waals surface area (Å²) >= 11 is -3.15. The third-order valence-corrected chi connectivity index (χ3v) is 34.1. The van der Waals surface area contributed by atoms with Gasteiger partial charge in [0.2, 0.25) is 0 Å². The maximum absolute atomic E-state index is 3.15. The van der Waals surface area contributed by atoms with Gasteiger partial charge in [-0.15, -0.1) is 0 Å². The van der Waals surface area contributed by atoms with Gasteiger partial charge >= 0.3 is 318 Å². The number of aryl methyl sites for hydroxylation is 2. The molecule has 2 aliphatic carbocycles. The molecule has 0 bridgehead atoms. The molecule has 0 saturated carbocycles. The zero-order valence-electron chi connectivity index (χ0n) is 31.9. The van der Waals surface area contributed by atoms with Crippen LogP contribution in [0.15, 0.2) is 132 Å². The monoisotopic (exact) mass is 856 g/mol. The first-order valence-electron chi connectivity index (χ1n) is 19.0. The summed E-state index contributed by atoms with van der Waals surface area (Å²) in [6.07, 6.45) is 5.42. The zero-order valence-corrected chi connectivity index (χ0v) is 36.4. The van der Waals surface area contributed by atoms with Crippen molar-refractivity contribution in [1.82, 2.24) is 0 Å². The molecule has 0 radical (unpaired) electrons. The van der Waals surface area contributed by atoms with E-state index in [2.05, 4.69) is 184 Å². The second-order valence-electron chi connectivity index (χ2n) is 16.7. The number of fused-ring (bicyclic) bond motifs is 6. The molecular weight excluding hydrogens is 807 g/mol. The van der Waals surface area contributed by atoms with Crippen molar-refractivity contribution in [3.8, 4) is 44.5 Å². The molecule has 6 aromatic carbocycles. The fourth-order valence-corrected chi connectivity index (χ4v) is 42.8. The molecule has 1 fully saturated rings. The minimum atomic E-state index is -3.15. The fourth-order valence-electron chi connectivity index (χ4n) is 10.7. The van der Waals surface area contributed by atoms with E-state index in [1.165, 1.54) is 77.9 Å². The van der Waals surface area contributed by atoms with Crippen LogP contribution in [-0.4, -0.2) is 8.07 Å². The van der Waals surface area contributed by atoms with Crippen molar-refractivity contribution >= 4 is 20.2 Å². The Hall–Kier alpha value is -4.11. The third-order valence-electron chi connectivity index (χ3n) is 13.1. The van der Waals surface area contributed by atoms with Crippen molar-refractivity contribution < 1.29 is 20.0 Å². The van der Waals surface area contributed by atoms with E-state index < -0.39 is 28.0 Å². The Morgan fingerprint density at radius 1 is 0.442 bits per heavy atom. The molecule has 2 atom stereocenters. The molecule has 1 heterocycles. The average Bonchev–Trinajstić information content (AvgIpc) is 3.75. The quantitative estimate of drug-likeness (QED) is 0.155. The maximum atomic E-state index is 2.78. The molecule has 2 heteroatoms. The van der Waals surface area contributed by atoms with Crippen LogP contribution >= 0.6 is 0 Å². The molecule has 0 N–H and O–H groups in total. The Bertz CT molecular complexity index is 2320. The molecule has 0 spiro atoms. The molecule has 52 heavy (non-hydrogen) atoms. The summed E-state index contributed by atoms with van der Waals surface area (Å²) in [7, 11) is -1.98. The minimum absolute atomic E-state index is 0.617. The topological polar surface area (TPSA) is 0 Å². The van der Waals surface area contributed by atoms with Gasteiger partial charge in [-0.05, 0) is 0 Å². The molecule has 0 amide bonds. The van der Waals surface area contributed by atoms with Gasteiger partial charge in [0.25, 0.3) is 0 Å². The SMILES string of the molecule is Cc1ccc(-c2cccc3c2C=C2[CH]3[Hf]([CH3])([CH3])[CH]3C(=Cc4c(-c5ccc(C)c(-c6ccccc6)c5C)cccc43)[Si]2(C)C)c(C)c1-c1ccccc1. The van der Waals surface area contributed by atoms with Crippen molar-refractivity contribution in [2.24, 2.45) is 0 Å². The molecule has 3 aliphatic rings. The van der Waals surface area contributed by atoms with E-state index >= 15 is 0 Å². The number of allylic oxidation sites excluding steroid dienone is 2. The Morgan fingerprint density at radius 3 is 1.25 bits per heavy atom. The van der Waals surface area contributed by atoms with Gasteiger partial charge in [-0.1, -0.05) is 0 Å². The van der Waals surface area contributed by atoms with Gasteiger partial charge in [-0.25, -0.2) is 0 Å². The van der Waals surface area contributed by atoms with Crippen LogP contribution in [0.25, 0.3) is 56.7 Å². The summed E-state index contributed by atoms with van der Waals surface area (Å²) in [4.78, 5) is 0. The third kappa shape index (κ3) is 4.86. The molecule has 9 rings (SSSR count). The van der Waals surface area contributed by atoms with Gasteiger partial charge in [0, 0.05) is 0 Å². The Balaban J connectivity index is 1.19. The van der Waals surface area contributed by atoms with Crippen LogP contribution in [0.3, 0.4) is 0 Å². The van der Waals surface area contributed by atoms with E-state index in [0.717, 1.165) is 0 Å². The van der Waals surface area contributed by atoms with Gasteiger partial charge in [-0.2, -0.15) is 0 Å². The van der Waals surface area contributed by atoms with Crippen LogP contribution in [0.4, 0.5) is 0 Å². The van der Waals surface area contributed by atoms with E-state index in [1.54, 1.807) is 21.5 Å². The second-order valence-corrected chi connectivity index (χ2v) is 38.4. The van der Waals surface area contributed by atoms with Gasteiger partial charge in [0.15, 0.2) is 0 Å². The van der Waals surface area contributed by atoms with Crippen LogP contribution < -0.4 is 0 Å². The average molecular weight is 856 g/mol. The second kappa shape index (κ2) is 12.2. The zero-order chi connectivity index (χ0) is 36.1. The van der Waals surface area contributed by atoms with Crippen LogP contribution in [-0.2, 0) is 20.0 Å². The van der Waals surface area contributed by atoms with Crippen LogP contribution in [0.1, 0.15) is 51.9 Å².